The molecule has 0 aromatic heterocycles. The maximum atomic E-state index is 12.5. The summed E-state index contributed by atoms with van der Waals surface area (Å²) in [6, 6.07) is 0. The van der Waals surface area contributed by atoms with E-state index in [2.05, 4.69) is 36.7 Å². The van der Waals surface area contributed by atoms with Crippen molar-refractivity contribution in [3.63, 3.8) is 0 Å². The molecule has 0 bridgehead atoms. The molecule has 108 valence electrons. The van der Waals surface area contributed by atoms with Crippen molar-refractivity contribution in [2.75, 3.05) is 11.9 Å². The average molecular weight is 330 g/mol. The van der Waals surface area contributed by atoms with Crippen LogP contribution in [0.1, 0.15) is 46.5 Å². The Kier molecular flexibility index (Phi) is 4.38. The van der Waals surface area contributed by atoms with Crippen molar-refractivity contribution >= 4 is 27.7 Å². The second-order valence-electron chi connectivity index (χ2n) is 6.39. The van der Waals surface area contributed by atoms with E-state index in [0.29, 0.717) is 12.5 Å². The third-order valence-corrected chi connectivity index (χ3v) is 6.43. The van der Waals surface area contributed by atoms with Crippen LogP contribution in [0, 0.1) is 23.2 Å². The van der Waals surface area contributed by atoms with E-state index in [9.17, 15) is 9.59 Å². The van der Waals surface area contributed by atoms with Gasteiger partial charge in [0.2, 0.25) is 11.8 Å². The Labute approximate surface area is 124 Å². The quantitative estimate of drug-likeness (QED) is 0.573. The number of likely N-dealkylation sites (tertiary alicyclic amines) is 1. The van der Waals surface area contributed by atoms with E-state index >= 15 is 0 Å². The first-order valence-corrected chi connectivity index (χ1v) is 8.51. The molecule has 1 aliphatic heterocycles. The monoisotopic (exact) mass is 329 g/mol. The lowest BCUT2D eigenvalue weighted by Crippen LogP contribution is -2.42. The molecule has 0 aromatic rings. The Morgan fingerprint density at radius 3 is 2.00 bits per heavy atom. The molecule has 3 nitrogen and oxygen atoms in total. The molecule has 2 atom stereocenters. The molecule has 0 N–H and O–H groups in total. The predicted molar refractivity (Wildman–Crippen MR) is 78.9 cm³/mol. The highest BCUT2D eigenvalue weighted by molar-refractivity contribution is 9.09. The first-order chi connectivity index (χ1) is 8.98. The number of carbonyl (C=O) groups is 2. The summed E-state index contributed by atoms with van der Waals surface area (Å²) in [6.45, 7) is 7.01. The van der Waals surface area contributed by atoms with Crippen molar-refractivity contribution in [3.8, 4) is 0 Å². The minimum Gasteiger partial charge on any atom is -0.282 e. The first kappa shape index (κ1) is 15.0. The molecule has 2 fully saturated rings. The summed E-state index contributed by atoms with van der Waals surface area (Å²) in [5, 5.41) is 0.843. The van der Waals surface area contributed by atoms with Crippen LogP contribution in [-0.4, -0.2) is 28.6 Å². The van der Waals surface area contributed by atoms with Gasteiger partial charge in [0.1, 0.15) is 0 Å². The summed E-state index contributed by atoms with van der Waals surface area (Å²) in [6.07, 6.45) is 3.76. The minimum atomic E-state index is -0.0239. The van der Waals surface area contributed by atoms with Crippen LogP contribution in [0.25, 0.3) is 0 Å². The topological polar surface area (TPSA) is 37.4 Å². The number of fused-ring (bicyclic) bond motifs is 1. The van der Waals surface area contributed by atoms with Gasteiger partial charge in [-0.25, -0.2) is 0 Å². The van der Waals surface area contributed by atoms with Gasteiger partial charge in [-0.2, -0.15) is 0 Å². The average Bonchev–Trinajstić information content (AvgIpc) is 2.89. The Morgan fingerprint density at radius 2 is 1.63 bits per heavy atom. The molecule has 0 spiro atoms. The number of imide groups is 1. The molecule has 19 heavy (non-hydrogen) atoms. The molecule has 1 saturated heterocycles. The van der Waals surface area contributed by atoms with Gasteiger partial charge in [-0.05, 0) is 37.0 Å². The highest BCUT2D eigenvalue weighted by Gasteiger charge is 2.52. The van der Waals surface area contributed by atoms with Crippen LogP contribution in [0.2, 0.25) is 0 Å². The predicted octanol–water partition coefficient (Wildman–Crippen LogP) is 3.22. The SMILES string of the molecule is CCC(CC)(CBr)CN1C(=O)C2CC(C)CC2C1=O. The van der Waals surface area contributed by atoms with E-state index in [0.717, 1.165) is 31.0 Å². The zero-order valence-electron chi connectivity index (χ0n) is 12.1. The molecule has 2 amide bonds. The van der Waals surface area contributed by atoms with Crippen molar-refractivity contribution in [3.05, 3.63) is 0 Å². The van der Waals surface area contributed by atoms with Crippen LogP contribution in [0.4, 0.5) is 0 Å². The van der Waals surface area contributed by atoms with Crippen molar-refractivity contribution in [2.24, 2.45) is 23.2 Å². The van der Waals surface area contributed by atoms with Crippen molar-refractivity contribution < 1.29 is 9.59 Å². The molecule has 2 aliphatic rings. The molecule has 4 heteroatoms. The van der Waals surface area contributed by atoms with Crippen molar-refractivity contribution in [1.82, 2.24) is 4.90 Å². The van der Waals surface area contributed by atoms with Gasteiger partial charge in [-0.3, -0.25) is 14.5 Å². The highest BCUT2D eigenvalue weighted by Crippen LogP contribution is 2.44. The molecular weight excluding hydrogens is 306 g/mol. The lowest BCUT2D eigenvalue weighted by molar-refractivity contribution is -0.142. The molecule has 1 saturated carbocycles. The van der Waals surface area contributed by atoms with Crippen LogP contribution < -0.4 is 0 Å². The van der Waals surface area contributed by atoms with Gasteiger partial charge in [0.15, 0.2) is 0 Å². The lowest BCUT2D eigenvalue weighted by Gasteiger charge is -2.33. The van der Waals surface area contributed by atoms with Crippen LogP contribution in [0.15, 0.2) is 0 Å². The van der Waals surface area contributed by atoms with Gasteiger partial charge < -0.3 is 0 Å². The summed E-state index contributed by atoms with van der Waals surface area (Å²) in [5.41, 5.74) is 0.0373. The molecule has 1 aliphatic carbocycles. The molecule has 2 rings (SSSR count). The number of carbonyl (C=O) groups excluding carboxylic acids is 2. The summed E-state index contributed by atoms with van der Waals surface area (Å²) in [5.74, 6) is 0.648. The first-order valence-electron chi connectivity index (χ1n) is 7.39. The zero-order valence-corrected chi connectivity index (χ0v) is 13.7. The number of halogens is 1. The summed E-state index contributed by atoms with van der Waals surface area (Å²) in [4.78, 5) is 26.5. The molecule has 1 heterocycles. The zero-order chi connectivity index (χ0) is 14.2. The number of hydrogen-bond acceptors (Lipinski definition) is 2. The number of hydrogen-bond donors (Lipinski definition) is 0. The largest absolute Gasteiger partial charge is 0.282 e. The van der Waals surface area contributed by atoms with Crippen LogP contribution >= 0.6 is 15.9 Å². The number of rotatable bonds is 5. The maximum Gasteiger partial charge on any atom is 0.233 e. The second kappa shape index (κ2) is 5.55. The Bertz CT molecular complexity index is 346. The van der Waals surface area contributed by atoms with Crippen LogP contribution in [0.3, 0.4) is 0 Å². The molecular formula is C15H24BrNO2. The normalized spacial score (nSPS) is 31.2. The Balaban J connectivity index is 2.15. The van der Waals surface area contributed by atoms with Crippen molar-refractivity contribution in [1.29, 1.82) is 0 Å². The van der Waals surface area contributed by atoms with E-state index in [1.807, 2.05) is 0 Å². The maximum absolute atomic E-state index is 12.5. The molecule has 0 aromatic carbocycles. The van der Waals surface area contributed by atoms with Crippen molar-refractivity contribution in [2.45, 2.75) is 46.5 Å². The highest BCUT2D eigenvalue weighted by atomic mass is 79.9. The number of nitrogens with zero attached hydrogens (tertiary/aromatic N) is 1. The van der Waals surface area contributed by atoms with Gasteiger partial charge in [0, 0.05) is 11.9 Å². The molecule has 0 radical (unpaired) electrons. The smallest absolute Gasteiger partial charge is 0.233 e. The Morgan fingerprint density at radius 1 is 1.16 bits per heavy atom. The van der Waals surface area contributed by atoms with E-state index < -0.39 is 0 Å². The van der Waals surface area contributed by atoms with E-state index in [4.69, 9.17) is 0 Å². The Hall–Kier alpha value is -0.380. The van der Waals surface area contributed by atoms with Gasteiger partial charge in [-0.1, -0.05) is 36.7 Å². The van der Waals surface area contributed by atoms with Gasteiger partial charge >= 0.3 is 0 Å². The third-order valence-electron chi connectivity index (χ3n) is 5.24. The number of amides is 2. The fraction of sp³-hybridized carbons (Fsp3) is 0.867. The minimum absolute atomic E-state index is 0.0239. The van der Waals surface area contributed by atoms with E-state index in [-0.39, 0.29) is 29.1 Å². The summed E-state index contributed by atoms with van der Waals surface area (Å²) >= 11 is 3.56. The van der Waals surface area contributed by atoms with Crippen LogP contribution in [0.5, 0.6) is 0 Å². The second-order valence-corrected chi connectivity index (χ2v) is 6.95. The van der Waals surface area contributed by atoms with Crippen LogP contribution in [-0.2, 0) is 9.59 Å². The fourth-order valence-corrected chi connectivity index (χ4v) is 4.51. The fourth-order valence-electron chi connectivity index (χ4n) is 3.54. The van der Waals surface area contributed by atoms with E-state index in [1.165, 1.54) is 0 Å². The standard InChI is InChI=1S/C15H24BrNO2/c1-4-15(5-2,8-16)9-17-13(18)11-6-10(3)7-12(11)14(17)19/h10-12H,4-9H2,1-3H3. The summed E-state index contributed by atoms with van der Waals surface area (Å²) in [7, 11) is 0. The van der Waals surface area contributed by atoms with Gasteiger partial charge in [0.25, 0.3) is 0 Å². The summed E-state index contributed by atoms with van der Waals surface area (Å²) < 4.78 is 0. The lowest BCUT2D eigenvalue weighted by atomic mass is 9.84. The molecule has 2 unspecified atom stereocenters. The number of alkyl halides is 1. The van der Waals surface area contributed by atoms with Gasteiger partial charge in [-0.15, -0.1) is 0 Å². The van der Waals surface area contributed by atoms with E-state index in [1.54, 1.807) is 4.90 Å². The third kappa shape index (κ3) is 2.48. The van der Waals surface area contributed by atoms with Gasteiger partial charge in [0.05, 0.1) is 11.8 Å².